The highest BCUT2D eigenvalue weighted by molar-refractivity contribution is 9.10. The largest absolute Gasteiger partial charge is 0.472 e. The zero-order valence-electron chi connectivity index (χ0n) is 12.2. The summed E-state index contributed by atoms with van der Waals surface area (Å²) >= 11 is 3.21. The minimum atomic E-state index is -0.113. The van der Waals surface area contributed by atoms with E-state index in [0.29, 0.717) is 35.2 Å². The highest BCUT2D eigenvalue weighted by atomic mass is 79.9. The molecule has 0 saturated carbocycles. The Balaban J connectivity index is 1.65. The van der Waals surface area contributed by atoms with Crippen LogP contribution in [0.5, 0.6) is 5.88 Å². The Hall–Kier alpha value is -1.89. The van der Waals surface area contributed by atoms with Gasteiger partial charge in [0.1, 0.15) is 11.9 Å². The van der Waals surface area contributed by atoms with Crippen LogP contribution >= 0.6 is 15.9 Å². The van der Waals surface area contributed by atoms with Crippen LogP contribution in [-0.2, 0) is 0 Å². The maximum absolute atomic E-state index is 12.4. The van der Waals surface area contributed by atoms with E-state index < -0.39 is 0 Å². The summed E-state index contributed by atoms with van der Waals surface area (Å²) in [6.07, 6.45) is 3.39. The molecule has 2 aromatic heterocycles. The number of aryl methyl sites for hydroxylation is 1. The molecule has 3 heterocycles. The molecule has 0 bridgehead atoms. The first-order valence-corrected chi connectivity index (χ1v) is 7.92. The molecule has 1 saturated heterocycles. The molecule has 2 aromatic rings. The number of rotatable bonds is 3. The molecule has 1 atom stereocenters. The van der Waals surface area contributed by atoms with E-state index in [-0.39, 0.29) is 12.0 Å². The van der Waals surface area contributed by atoms with Gasteiger partial charge in [-0.1, -0.05) is 0 Å². The van der Waals surface area contributed by atoms with Gasteiger partial charge in [0.05, 0.1) is 6.54 Å². The van der Waals surface area contributed by atoms with Crippen LogP contribution in [0.4, 0.5) is 0 Å². The number of piperidine rings is 1. The zero-order valence-corrected chi connectivity index (χ0v) is 13.7. The van der Waals surface area contributed by atoms with Crippen molar-refractivity contribution in [1.29, 1.82) is 0 Å². The summed E-state index contributed by atoms with van der Waals surface area (Å²) in [5.41, 5.74) is 0. The number of hydrogen-bond acceptors (Lipinski definition) is 5. The van der Waals surface area contributed by atoms with Gasteiger partial charge in [0.2, 0.25) is 5.88 Å². The van der Waals surface area contributed by atoms with Gasteiger partial charge >= 0.3 is 0 Å². The van der Waals surface area contributed by atoms with Gasteiger partial charge < -0.3 is 14.1 Å². The third kappa shape index (κ3) is 3.47. The predicted octanol–water partition coefficient (Wildman–Crippen LogP) is 2.82. The van der Waals surface area contributed by atoms with Crippen LogP contribution in [0, 0.1) is 6.92 Å². The van der Waals surface area contributed by atoms with Gasteiger partial charge in [0.15, 0.2) is 10.4 Å². The van der Waals surface area contributed by atoms with Crippen LogP contribution in [0.1, 0.15) is 29.2 Å². The average Bonchev–Trinajstić information content (AvgIpc) is 2.93. The molecule has 0 radical (unpaired) electrons. The number of furan rings is 1. The lowest BCUT2D eigenvalue weighted by Crippen LogP contribution is -2.44. The molecule has 22 heavy (non-hydrogen) atoms. The summed E-state index contributed by atoms with van der Waals surface area (Å²) in [7, 11) is 0. The van der Waals surface area contributed by atoms with Crippen molar-refractivity contribution >= 4 is 21.8 Å². The van der Waals surface area contributed by atoms with Crippen LogP contribution in [0.2, 0.25) is 0 Å². The van der Waals surface area contributed by atoms with Gasteiger partial charge in [0.25, 0.3) is 5.91 Å². The van der Waals surface area contributed by atoms with Crippen molar-refractivity contribution in [3.05, 3.63) is 40.7 Å². The molecule has 1 aliphatic heterocycles. The second kappa shape index (κ2) is 6.48. The van der Waals surface area contributed by atoms with Gasteiger partial charge in [-0.2, -0.15) is 4.98 Å². The van der Waals surface area contributed by atoms with Crippen molar-refractivity contribution in [3.63, 3.8) is 0 Å². The van der Waals surface area contributed by atoms with Gasteiger partial charge in [-0.05, 0) is 47.8 Å². The predicted molar refractivity (Wildman–Crippen MR) is 82.7 cm³/mol. The van der Waals surface area contributed by atoms with E-state index in [4.69, 9.17) is 9.15 Å². The van der Waals surface area contributed by atoms with Crippen LogP contribution in [-0.4, -0.2) is 40.0 Å². The van der Waals surface area contributed by atoms with Crippen LogP contribution in [0.15, 0.2) is 33.5 Å². The molecule has 1 aliphatic rings. The topological polar surface area (TPSA) is 68.5 Å². The van der Waals surface area contributed by atoms with E-state index >= 15 is 0 Å². The fraction of sp³-hybridized carbons (Fsp3) is 0.400. The van der Waals surface area contributed by atoms with Crippen LogP contribution in [0.25, 0.3) is 0 Å². The molecule has 1 amide bonds. The van der Waals surface area contributed by atoms with Gasteiger partial charge in [-0.3, -0.25) is 4.79 Å². The van der Waals surface area contributed by atoms with E-state index in [1.807, 2.05) is 6.92 Å². The van der Waals surface area contributed by atoms with Crippen LogP contribution in [0.3, 0.4) is 0 Å². The molecular formula is C15H16BrN3O3. The fourth-order valence-corrected chi connectivity index (χ4v) is 2.78. The Bertz CT molecular complexity index is 674. The molecule has 116 valence electrons. The first-order valence-electron chi connectivity index (χ1n) is 7.13. The second-order valence-corrected chi connectivity index (χ2v) is 5.96. The normalized spacial score (nSPS) is 18.3. The van der Waals surface area contributed by atoms with Gasteiger partial charge in [-0.25, -0.2) is 4.98 Å². The SMILES string of the molecule is Cc1nccc(OC2CCCN(C(=O)c3ccc(Br)o3)C2)n1. The summed E-state index contributed by atoms with van der Waals surface area (Å²) in [5.74, 6) is 1.44. The van der Waals surface area contributed by atoms with Crippen molar-refractivity contribution in [2.75, 3.05) is 13.1 Å². The number of likely N-dealkylation sites (tertiary alicyclic amines) is 1. The lowest BCUT2D eigenvalue weighted by Gasteiger charge is -2.32. The molecule has 3 rings (SSSR count). The van der Waals surface area contributed by atoms with Crippen molar-refractivity contribution in [2.45, 2.75) is 25.9 Å². The number of aromatic nitrogens is 2. The number of hydrogen-bond donors (Lipinski definition) is 0. The van der Waals surface area contributed by atoms with Crippen molar-refractivity contribution in [2.24, 2.45) is 0 Å². The van der Waals surface area contributed by atoms with Crippen molar-refractivity contribution in [3.8, 4) is 5.88 Å². The molecule has 7 heteroatoms. The van der Waals surface area contributed by atoms with Crippen LogP contribution < -0.4 is 4.74 Å². The third-order valence-electron chi connectivity index (χ3n) is 3.49. The van der Waals surface area contributed by atoms with E-state index in [1.165, 1.54) is 0 Å². The molecule has 0 aromatic carbocycles. The van der Waals surface area contributed by atoms with E-state index in [0.717, 1.165) is 12.8 Å². The van der Waals surface area contributed by atoms with E-state index in [2.05, 4.69) is 25.9 Å². The highest BCUT2D eigenvalue weighted by Crippen LogP contribution is 2.20. The first-order chi connectivity index (χ1) is 10.6. The molecule has 0 aliphatic carbocycles. The Morgan fingerprint density at radius 3 is 3.05 bits per heavy atom. The van der Waals surface area contributed by atoms with Gasteiger partial charge in [0, 0.05) is 18.8 Å². The maximum atomic E-state index is 12.4. The number of carbonyl (C=O) groups excluding carboxylic acids is 1. The third-order valence-corrected chi connectivity index (χ3v) is 3.91. The summed E-state index contributed by atoms with van der Waals surface area (Å²) in [5, 5.41) is 0. The molecule has 6 nitrogen and oxygen atoms in total. The molecule has 1 unspecified atom stereocenters. The highest BCUT2D eigenvalue weighted by Gasteiger charge is 2.27. The standard InChI is InChI=1S/C15H16BrN3O3/c1-10-17-7-6-14(18-10)21-11-3-2-8-19(9-11)15(20)12-4-5-13(16)22-12/h4-7,11H,2-3,8-9H2,1H3. The number of halogens is 1. The summed E-state index contributed by atoms with van der Waals surface area (Å²) in [6, 6.07) is 5.12. The van der Waals surface area contributed by atoms with Crippen molar-refractivity contribution in [1.82, 2.24) is 14.9 Å². The Morgan fingerprint density at radius 1 is 1.45 bits per heavy atom. The number of amides is 1. The monoisotopic (exact) mass is 365 g/mol. The zero-order chi connectivity index (χ0) is 15.5. The quantitative estimate of drug-likeness (QED) is 0.836. The summed E-state index contributed by atoms with van der Waals surface area (Å²) in [4.78, 5) is 22.4. The lowest BCUT2D eigenvalue weighted by molar-refractivity contribution is 0.0498. The maximum Gasteiger partial charge on any atom is 0.289 e. The Morgan fingerprint density at radius 2 is 2.32 bits per heavy atom. The molecule has 0 N–H and O–H groups in total. The minimum Gasteiger partial charge on any atom is -0.472 e. The second-order valence-electron chi connectivity index (χ2n) is 5.18. The Labute approximate surface area is 136 Å². The minimum absolute atomic E-state index is 0.0644. The van der Waals surface area contributed by atoms with E-state index in [9.17, 15) is 4.79 Å². The molecule has 0 spiro atoms. The van der Waals surface area contributed by atoms with Crippen molar-refractivity contribution < 1.29 is 13.9 Å². The van der Waals surface area contributed by atoms with E-state index in [1.54, 1.807) is 29.3 Å². The fourth-order valence-electron chi connectivity index (χ4n) is 2.47. The molecular weight excluding hydrogens is 350 g/mol. The summed E-state index contributed by atoms with van der Waals surface area (Å²) < 4.78 is 11.8. The lowest BCUT2D eigenvalue weighted by atomic mass is 10.1. The average molecular weight is 366 g/mol. The number of nitrogens with zero attached hydrogens (tertiary/aromatic N) is 3. The first kappa shape index (κ1) is 15.0. The number of carbonyl (C=O) groups is 1. The molecule has 1 fully saturated rings. The van der Waals surface area contributed by atoms with Gasteiger partial charge in [-0.15, -0.1) is 0 Å². The smallest absolute Gasteiger partial charge is 0.289 e. The number of ether oxygens (including phenoxy) is 1. The summed E-state index contributed by atoms with van der Waals surface area (Å²) in [6.45, 7) is 3.05. The Kier molecular flexibility index (Phi) is 4.42.